The van der Waals surface area contributed by atoms with E-state index in [-0.39, 0.29) is 5.95 Å². The minimum absolute atomic E-state index is 0.0103. The van der Waals surface area contributed by atoms with Gasteiger partial charge >= 0.3 is 6.18 Å². The minimum Gasteiger partial charge on any atom is -0.363 e. The second-order valence-electron chi connectivity index (χ2n) is 5.91. The van der Waals surface area contributed by atoms with E-state index in [4.69, 9.17) is 0 Å². The standard InChI is InChI=1S/C17H14F3N3O/c18-17(19,20)16(24)10-14(11-6-2-1-3-7-11)23-13-9-5-4-8-12(13)21-15(23)22-16/h1-9,14,24H,10H2,(H,21,22)/t14-,16+/m1/s1. The molecule has 0 radical (unpaired) electrons. The molecule has 0 spiro atoms. The highest BCUT2D eigenvalue weighted by molar-refractivity contribution is 5.79. The van der Waals surface area contributed by atoms with Gasteiger partial charge in [-0.1, -0.05) is 42.5 Å². The molecule has 0 amide bonds. The molecular formula is C17H14F3N3O. The van der Waals surface area contributed by atoms with Crippen LogP contribution in [0.15, 0.2) is 54.6 Å². The van der Waals surface area contributed by atoms with Gasteiger partial charge in [0.15, 0.2) is 0 Å². The lowest BCUT2D eigenvalue weighted by molar-refractivity contribution is -0.254. The molecule has 124 valence electrons. The van der Waals surface area contributed by atoms with E-state index >= 15 is 0 Å². The summed E-state index contributed by atoms with van der Waals surface area (Å²) in [5.41, 5.74) is -1.04. The Labute approximate surface area is 135 Å². The van der Waals surface area contributed by atoms with E-state index < -0.39 is 24.4 Å². The van der Waals surface area contributed by atoms with Gasteiger partial charge in [-0.25, -0.2) is 4.98 Å². The Kier molecular flexibility index (Phi) is 3.11. The fourth-order valence-corrected chi connectivity index (χ4v) is 3.18. The summed E-state index contributed by atoms with van der Waals surface area (Å²) in [6.07, 6.45) is -5.35. The van der Waals surface area contributed by atoms with Crippen LogP contribution in [0, 0.1) is 0 Å². The first-order valence-electron chi connectivity index (χ1n) is 7.48. The van der Waals surface area contributed by atoms with E-state index in [9.17, 15) is 18.3 Å². The van der Waals surface area contributed by atoms with E-state index in [1.807, 2.05) is 6.07 Å². The normalized spacial score (nSPS) is 23.8. The van der Waals surface area contributed by atoms with Crippen LogP contribution in [0.4, 0.5) is 19.1 Å². The van der Waals surface area contributed by atoms with Crippen LogP contribution in [-0.4, -0.2) is 26.6 Å². The summed E-state index contributed by atoms with van der Waals surface area (Å²) >= 11 is 0. The number of hydrogen-bond donors (Lipinski definition) is 2. The minimum atomic E-state index is -4.82. The van der Waals surface area contributed by atoms with Crippen molar-refractivity contribution < 1.29 is 18.3 Å². The first-order valence-corrected chi connectivity index (χ1v) is 7.48. The first-order chi connectivity index (χ1) is 11.4. The van der Waals surface area contributed by atoms with Crippen molar-refractivity contribution in [3.05, 3.63) is 60.2 Å². The van der Waals surface area contributed by atoms with Crippen molar-refractivity contribution in [2.75, 3.05) is 5.32 Å². The van der Waals surface area contributed by atoms with Crippen LogP contribution in [0.5, 0.6) is 0 Å². The molecule has 1 aliphatic rings. The average Bonchev–Trinajstić information content (AvgIpc) is 2.91. The van der Waals surface area contributed by atoms with Crippen molar-refractivity contribution >= 4 is 17.0 Å². The summed E-state index contributed by atoms with van der Waals surface area (Å²) in [4.78, 5) is 4.23. The van der Waals surface area contributed by atoms with Gasteiger partial charge in [0.1, 0.15) is 0 Å². The SMILES string of the molecule is O[C@]1(C(F)(F)F)C[C@H](c2ccccc2)n2c(nc3ccccc32)N1. The average molecular weight is 333 g/mol. The molecule has 0 aliphatic carbocycles. The molecule has 0 saturated heterocycles. The van der Waals surface area contributed by atoms with Crippen LogP contribution in [-0.2, 0) is 0 Å². The number of alkyl halides is 3. The Hall–Kier alpha value is -2.54. The third-order valence-corrected chi connectivity index (χ3v) is 4.37. The number of anilines is 1. The molecule has 24 heavy (non-hydrogen) atoms. The first kappa shape index (κ1) is 15.0. The van der Waals surface area contributed by atoms with Gasteiger partial charge in [0, 0.05) is 6.42 Å². The number of para-hydroxylation sites is 2. The number of fused-ring (bicyclic) bond motifs is 3. The van der Waals surface area contributed by atoms with Crippen molar-refractivity contribution in [3.8, 4) is 0 Å². The summed E-state index contributed by atoms with van der Waals surface area (Å²) in [5.74, 6) is 0.0103. The largest absolute Gasteiger partial charge is 0.436 e. The second kappa shape index (κ2) is 4.98. The maximum absolute atomic E-state index is 13.4. The van der Waals surface area contributed by atoms with E-state index in [1.54, 1.807) is 53.1 Å². The number of aliphatic hydroxyl groups is 1. The number of benzene rings is 2. The van der Waals surface area contributed by atoms with Gasteiger partial charge in [-0.05, 0) is 17.7 Å². The molecule has 4 rings (SSSR count). The molecule has 3 aromatic rings. The van der Waals surface area contributed by atoms with Gasteiger partial charge in [-0.2, -0.15) is 13.2 Å². The van der Waals surface area contributed by atoms with Crippen LogP contribution >= 0.6 is 0 Å². The number of rotatable bonds is 1. The van der Waals surface area contributed by atoms with E-state index in [1.165, 1.54) is 0 Å². The zero-order valence-electron chi connectivity index (χ0n) is 12.5. The number of imidazole rings is 1. The summed E-state index contributed by atoms with van der Waals surface area (Å²) in [6.45, 7) is 0. The van der Waals surface area contributed by atoms with Crippen LogP contribution in [0.3, 0.4) is 0 Å². The van der Waals surface area contributed by atoms with E-state index in [0.717, 1.165) is 5.52 Å². The molecule has 0 saturated carbocycles. The van der Waals surface area contributed by atoms with Crippen LogP contribution in [0.2, 0.25) is 0 Å². The highest BCUT2D eigenvalue weighted by Crippen LogP contribution is 2.45. The Morgan fingerprint density at radius 1 is 1.08 bits per heavy atom. The van der Waals surface area contributed by atoms with Crippen LogP contribution in [0.1, 0.15) is 18.0 Å². The summed E-state index contributed by atoms with van der Waals surface area (Å²) < 4.78 is 42.0. The van der Waals surface area contributed by atoms with Gasteiger partial charge in [0.25, 0.3) is 0 Å². The van der Waals surface area contributed by atoms with Gasteiger partial charge in [0.2, 0.25) is 11.7 Å². The summed E-state index contributed by atoms with van der Waals surface area (Å²) in [5, 5.41) is 12.4. The third-order valence-electron chi connectivity index (χ3n) is 4.37. The predicted molar refractivity (Wildman–Crippen MR) is 83.6 cm³/mol. The summed E-state index contributed by atoms with van der Waals surface area (Å²) in [7, 11) is 0. The molecule has 7 heteroatoms. The lowest BCUT2D eigenvalue weighted by Crippen LogP contribution is -2.56. The lowest BCUT2D eigenvalue weighted by atomic mass is 9.94. The zero-order valence-corrected chi connectivity index (χ0v) is 12.5. The monoisotopic (exact) mass is 333 g/mol. The third kappa shape index (κ3) is 2.16. The van der Waals surface area contributed by atoms with Gasteiger partial charge in [-0.3, -0.25) is 0 Å². The fourth-order valence-electron chi connectivity index (χ4n) is 3.18. The number of halogens is 3. The molecule has 1 aromatic heterocycles. The molecule has 2 N–H and O–H groups in total. The Morgan fingerprint density at radius 3 is 2.46 bits per heavy atom. The zero-order chi connectivity index (χ0) is 16.9. The highest BCUT2D eigenvalue weighted by atomic mass is 19.4. The number of nitrogens with one attached hydrogen (secondary N) is 1. The highest BCUT2D eigenvalue weighted by Gasteiger charge is 2.58. The maximum atomic E-state index is 13.4. The molecule has 1 aliphatic heterocycles. The Morgan fingerprint density at radius 2 is 1.75 bits per heavy atom. The molecule has 2 atom stereocenters. The van der Waals surface area contributed by atoms with Crippen molar-refractivity contribution in [1.29, 1.82) is 0 Å². The van der Waals surface area contributed by atoms with Gasteiger partial charge in [-0.15, -0.1) is 0 Å². The van der Waals surface area contributed by atoms with Crippen LogP contribution < -0.4 is 5.32 Å². The topological polar surface area (TPSA) is 50.1 Å². The summed E-state index contributed by atoms with van der Waals surface area (Å²) in [6, 6.07) is 15.3. The van der Waals surface area contributed by atoms with Crippen molar-refractivity contribution in [1.82, 2.24) is 9.55 Å². The molecule has 0 bridgehead atoms. The molecule has 0 unspecified atom stereocenters. The Bertz CT molecular complexity index is 891. The molecule has 4 nitrogen and oxygen atoms in total. The van der Waals surface area contributed by atoms with Gasteiger partial charge < -0.3 is 15.0 Å². The van der Waals surface area contributed by atoms with Gasteiger partial charge in [0.05, 0.1) is 17.1 Å². The smallest absolute Gasteiger partial charge is 0.363 e. The number of nitrogens with zero attached hydrogens (tertiary/aromatic N) is 2. The molecule has 2 aromatic carbocycles. The predicted octanol–water partition coefficient (Wildman–Crippen LogP) is 3.69. The number of hydrogen-bond acceptors (Lipinski definition) is 3. The molecule has 0 fully saturated rings. The number of aromatic nitrogens is 2. The lowest BCUT2D eigenvalue weighted by Gasteiger charge is -2.40. The van der Waals surface area contributed by atoms with Crippen molar-refractivity contribution in [3.63, 3.8) is 0 Å². The van der Waals surface area contributed by atoms with Crippen LogP contribution in [0.25, 0.3) is 11.0 Å². The quantitative estimate of drug-likeness (QED) is 0.714. The maximum Gasteiger partial charge on any atom is 0.436 e. The van der Waals surface area contributed by atoms with E-state index in [0.29, 0.717) is 11.1 Å². The second-order valence-corrected chi connectivity index (χ2v) is 5.91. The molecule has 2 heterocycles. The Balaban J connectivity index is 1.95. The van der Waals surface area contributed by atoms with E-state index in [2.05, 4.69) is 10.3 Å². The molecular weight excluding hydrogens is 319 g/mol. The van der Waals surface area contributed by atoms with Crippen molar-refractivity contribution in [2.24, 2.45) is 0 Å². The van der Waals surface area contributed by atoms with Crippen molar-refractivity contribution in [2.45, 2.75) is 24.4 Å². The fraction of sp³-hybridized carbons (Fsp3) is 0.235.